The number of amides is 2. The SMILES string of the molecule is Cl.O=C1C=C(CCNc2ccccn2)C(=O)N1. The van der Waals surface area contributed by atoms with Gasteiger partial charge in [0.2, 0.25) is 0 Å². The molecule has 2 N–H and O–H groups in total. The van der Waals surface area contributed by atoms with E-state index in [4.69, 9.17) is 0 Å². The van der Waals surface area contributed by atoms with Gasteiger partial charge in [-0.05, 0) is 18.6 Å². The van der Waals surface area contributed by atoms with Gasteiger partial charge in [0, 0.05) is 24.4 Å². The zero-order chi connectivity index (χ0) is 11.4. The molecule has 0 aliphatic carbocycles. The number of imide groups is 1. The molecule has 0 bridgehead atoms. The Kier molecular flexibility index (Phi) is 4.66. The first-order chi connectivity index (χ1) is 7.75. The predicted molar refractivity (Wildman–Crippen MR) is 65.8 cm³/mol. The summed E-state index contributed by atoms with van der Waals surface area (Å²) in [6.07, 6.45) is 3.53. The van der Waals surface area contributed by atoms with Crippen LogP contribution < -0.4 is 10.6 Å². The van der Waals surface area contributed by atoms with Crippen LogP contribution in [0.15, 0.2) is 36.0 Å². The second-order valence-electron chi connectivity index (χ2n) is 3.38. The molecular formula is C11H12ClN3O2. The first-order valence-electron chi connectivity index (χ1n) is 4.96. The highest BCUT2D eigenvalue weighted by Crippen LogP contribution is 2.08. The summed E-state index contributed by atoms with van der Waals surface area (Å²) in [7, 11) is 0. The van der Waals surface area contributed by atoms with Crippen LogP contribution in [0.4, 0.5) is 5.82 Å². The fourth-order valence-electron chi connectivity index (χ4n) is 1.43. The van der Waals surface area contributed by atoms with Crippen molar-refractivity contribution in [1.29, 1.82) is 0 Å². The van der Waals surface area contributed by atoms with Gasteiger partial charge in [0.1, 0.15) is 5.82 Å². The smallest absolute Gasteiger partial charge is 0.254 e. The molecule has 90 valence electrons. The van der Waals surface area contributed by atoms with Gasteiger partial charge in [0.25, 0.3) is 11.8 Å². The van der Waals surface area contributed by atoms with Crippen molar-refractivity contribution >= 4 is 30.0 Å². The third-order valence-electron chi connectivity index (χ3n) is 2.20. The van der Waals surface area contributed by atoms with Gasteiger partial charge in [0.05, 0.1) is 0 Å². The number of halogens is 1. The van der Waals surface area contributed by atoms with E-state index in [1.165, 1.54) is 6.08 Å². The molecule has 0 fully saturated rings. The van der Waals surface area contributed by atoms with Crippen molar-refractivity contribution in [3.8, 4) is 0 Å². The molecule has 5 nitrogen and oxygen atoms in total. The van der Waals surface area contributed by atoms with E-state index in [-0.39, 0.29) is 24.2 Å². The van der Waals surface area contributed by atoms with Crippen molar-refractivity contribution in [3.05, 3.63) is 36.0 Å². The third kappa shape index (κ3) is 3.57. The number of hydrogen-bond donors (Lipinski definition) is 2. The average molecular weight is 254 g/mol. The first-order valence-corrected chi connectivity index (χ1v) is 4.96. The van der Waals surface area contributed by atoms with Crippen LogP contribution in [0, 0.1) is 0 Å². The number of anilines is 1. The molecule has 2 amide bonds. The average Bonchev–Trinajstić information content (AvgIpc) is 2.59. The van der Waals surface area contributed by atoms with E-state index in [1.807, 2.05) is 18.2 Å². The van der Waals surface area contributed by atoms with Gasteiger partial charge >= 0.3 is 0 Å². The van der Waals surface area contributed by atoms with Crippen molar-refractivity contribution in [2.75, 3.05) is 11.9 Å². The lowest BCUT2D eigenvalue weighted by molar-refractivity contribution is -0.123. The van der Waals surface area contributed by atoms with Crippen LogP contribution in [-0.2, 0) is 9.59 Å². The molecule has 0 atom stereocenters. The van der Waals surface area contributed by atoms with E-state index >= 15 is 0 Å². The van der Waals surface area contributed by atoms with Crippen LogP contribution in [0.1, 0.15) is 6.42 Å². The predicted octanol–water partition coefficient (Wildman–Crippen LogP) is 0.888. The van der Waals surface area contributed by atoms with E-state index in [0.717, 1.165) is 5.82 Å². The van der Waals surface area contributed by atoms with Crippen molar-refractivity contribution in [2.45, 2.75) is 6.42 Å². The fourth-order valence-corrected chi connectivity index (χ4v) is 1.43. The van der Waals surface area contributed by atoms with Gasteiger partial charge in [-0.15, -0.1) is 12.4 Å². The molecule has 17 heavy (non-hydrogen) atoms. The molecule has 0 spiro atoms. The molecule has 0 radical (unpaired) electrons. The minimum atomic E-state index is -0.335. The van der Waals surface area contributed by atoms with Crippen LogP contribution in [0.5, 0.6) is 0 Å². The van der Waals surface area contributed by atoms with Gasteiger partial charge in [0.15, 0.2) is 0 Å². The Bertz CT molecular complexity index is 445. The lowest BCUT2D eigenvalue weighted by Crippen LogP contribution is -2.22. The van der Waals surface area contributed by atoms with Crippen molar-refractivity contribution < 1.29 is 9.59 Å². The van der Waals surface area contributed by atoms with Crippen LogP contribution >= 0.6 is 12.4 Å². The summed E-state index contributed by atoms with van der Waals surface area (Å²) in [5.74, 6) is 0.124. The molecule has 6 heteroatoms. The van der Waals surface area contributed by atoms with Crippen LogP contribution in [0.25, 0.3) is 0 Å². The van der Waals surface area contributed by atoms with Crippen molar-refractivity contribution in [2.24, 2.45) is 0 Å². The maximum Gasteiger partial charge on any atom is 0.254 e. The molecule has 1 aromatic rings. The highest BCUT2D eigenvalue weighted by Gasteiger charge is 2.19. The Morgan fingerprint density at radius 1 is 1.29 bits per heavy atom. The summed E-state index contributed by atoms with van der Waals surface area (Å²) in [6.45, 7) is 0.573. The zero-order valence-electron chi connectivity index (χ0n) is 8.97. The topological polar surface area (TPSA) is 71.1 Å². The van der Waals surface area contributed by atoms with Crippen LogP contribution in [0.2, 0.25) is 0 Å². The normalized spacial score (nSPS) is 13.8. The van der Waals surface area contributed by atoms with Crippen molar-refractivity contribution in [1.82, 2.24) is 10.3 Å². The van der Waals surface area contributed by atoms with Gasteiger partial charge in [-0.2, -0.15) is 0 Å². The Labute approximate surface area is 105 Å². The monoisotopic (exact) mass is 253 g/mol. The number of rotatable bonds is 4. The van der Waals surface area contributed by atoms with E-state index in [1.54, 1.807) is 6.20 Å². The van der Waals surface area contributed by atoms with Crippen LogP contribution in [-0.4, -0.2) is 23.3 Å². The first kappa shape index (κ1) is 13.2. The Balaban J connectivity index is 0.00000144. The molecular weight excluding hydrogens is 242 g/mol. The summed E-state index contributed by atoms with van der Waals surface area (Å²) < 4.78 is 0. The summed E-state index contributed by atoms with van der Waals surface area (Å²) >= 11 is 0. The molecule has 2 rings (SSSR count). The maximum absolute atomic E-state index is 11.2. The molecule has 0 saturated carbocycles. The maximum atomic E-state index is 11.2. The minimum Gasteiger partial charge on any atom is -0.370 e. The van der Waals surface area contributed by atoms with E-state index < -0.39 is 0 Å². The summed E-state index contributed by atoms with van der Waals surface area (Å²) in [5, 5.41) is 5.27. The standard InChI is InChI=1S/C11H11N3O2.ClH/c15-10-7-8(11(16)14-10)4-6-13-9-3-1-2-5-12-9;/h1-3,5,7H,4,6H2,(H,12,13)(H,14,15,16);1H. The number of carbonyl (C=O) groups excluding carboxylic acids is 2. The fraction of sp³-hybridized carbons (Fsp3) is 0.182. The Morgan fingerprint density at radius 2 is 2.12 bits per heavy atom. The van der Waals surface area contributed by atoms with E-state index in [2.05, 4.69) is 15.6 Å². The molecule has 1 aromatic heterocycles. The lowest BCUT2D eigenvalue weighted by atomic mass is 10.2. The number of aromatic nitrogens is 1. The van der Waals surface area contributed by atoms with Gasteiger partial charge in [-0.25, -0.2) is 4.98 Å². The van der Waals surface area contributed by atoms with Gasteiger partial charge in [-0.1, -0.05) is 6.07 Å². The molecule has 2 heterocycles. The number of nitrogens with zero attached hydrogens (tertiary/aromatic N) is 1. The molecule has 0 aromatic carbocycles. The van der Waals surface area contributed by atoms with Crippen LogP contribution in [0.3, 0.4) is 0 Å². The number of carbonyl (C=O) groups is 2. The zero-order valence-corrected chi connectivity index (χ0v) is 9.79. The van der Waals surface area contributed by atoms with E-state index in [0.29, 0.717) is 18.5 Å². The Hall–Kier alpha value is -1.88. The van der Waals surface area contributed by atoms with Gasteiger partial charge < -0.3 is 5.32 Å². The second-order valence-corrected chi connectivity index (χ2v) is 3.38. The summed E-state index contributed by atoms with van der Waals surface area (Å²) in [6, 6.07) is 5.55. The third-order valence-corrected chi connectivity index (χ3v) is 2.20. The highest BCUT2D eigenvalue weighted by atomic mass is 35.5. The largest absolute Gasteiger partial charge is 0.370 e. The molecule has 1 aliphatic heterocycles. The molecule has 0 unspecified atom stereocenters. The minimum absolute atomic E-state index is 0. The number of hydrogen-bond acceptors (Lipinski definition) is 4. The Morgan fingerprint density at radius 3 is 2.71 bits per heavy atom. The molecule has 1 aliphatic rings. The molecule has 0 saturated heterocycles. The van der Waals surface area contributed by atoms with E-state index in [9.17, 15) is 9.59 Å². The van der Waals surface area contributed by atoms with Gasteiger partial charge in [-0.3, -0.25) is 14.9 Å². The quantitative estimate of drug-likeness (QED) is 0.782. The number of pyridine rings is 1. The summed E-state index contributed by atoms with van der Waals surface area (Å²) in [5.41, 5.74) is 0.508. The van der Waals surface area contributed by atoms with Crippen molar-refractivity contribution in [3.63, 3.8) is 0 Å². The summed E-state index contributed by atoms with van der Waals surface area (Å²) in [4.78, 5) is 26.1. The number of nitrogens with one attached hydrogen (secondary N) is 2. The lowest BCUT2D eigenvalue weighted by Gasteiger charge is -2.04. The second kappa shape index (κ2) is 6.00. The highest BCUT2D eigenvalue weighted by molar-refractivity contribution is 6.16.